The van der Waals surface area contributed by atoms with Crippen molar-refractivity contribution >= 4 is 79.0 Å². The number of nitrogens with zero attached hydrogens (tertiary/aromatic N) is 4. The Labute approximate surface area is 628 Å². The molecule has 0 N–H and O–H groups in total. The Bertz CT molecular complexity index is 5680. The van der Waals surface area contributed by atoms with Crippen molar-refractivity contribution in [1.29, 1.82) is 0 Å². The third kappa shape index (κ3) is 12.3. The molecule has 522 valence electrons. The number of aromatic nitrogens is 2. The van der Waals surface area contributed by atoms with Gasteiger partial charge in [-0.3, -0.25) is 4.98 Å². The minimum absolute atomic E-state index is 0.107. The largest absolute Gasteiger partial charge is 0.310 e. The lowest BCUT2D eigenvalue weighted by Crippen LogP contribution is -2.61. The van der Waals surface area contributed by atoms with Crippen molar-refractivity contribution in [3.63, 3.8) is 0 Å². The van der Waals surface area contributed by atoms with Crippen LogP contribution in [0.15, 0.2) is 243 Å². The Kier molecular flexibility index (Phi) is 15.2. The topological polar surface area (TPSA) is 24.3 Å². The molecule has 0 amide bonds. The van der Waals surface area contributed by atoms with E-state index >= 15 is 0 Å². The Morgan fingerprint density at radius 3 is 1.15 bits per heavy atom. The molecule has 5 heteroatoms. The molecule has 4 heterocycles. The van der Waals surface area contributed by atoms with Gasteiger partial charge in [0.1, 0.15) is 0 Å². The van der Waals surface area contributed by atoms with Crippen LogP contribution in [0.2, 0.25) is 0 Å². The smallest absolute Gasteiger partial charge is 0.252 e. The van der Waals surface area contributed by atoms with Gasteiger partial charge in [-0.15, -0.1) is 0 Å². The molecule has 0 atom stereocenters. The molecule has 0 unspecified atom stereocenters. The van der Waals surface area contributed by atoms with Gasteiger partial charge in [-0.2, -0.15) is 0 Å². The Hall–Kier alpha value is -9.97. The SMILES string of the molecule is [2H]c1c([2H])c([2H])c(-c2ccc3c(c2)N(c2c(-c4ccccc4)cc(C(C)(C)C)cc2-c2ccccc2)c2cc(C(C)(C)C)cc4c2B3c2ccc(-n3c5ccc(C(C)(C)C)cc5c5cc(C(C)(C)C)ccc53)cc2N4c2c(-c3ccccc3)cc(C(C)(C)C)cc2-c2ccc(C(C)(C)C)nc2C(C)(C)C)c([2H])c1[2H]. The molecule has 4 nitrogen and oxygen atoms in total. The molecule has 0 spiro atoms. The molecule has 13 aromatic rings. The lowest BCUT2D eigenvalue weighted by molar-refractivity contribution is 0.532. The van der Waals surface area contributed by atoms with Crippen LogP contribution in [-0.4, -0.2) is 16.3 Å². The van der Waals surface area contributed by atoms with Crippen LogP contribution in [0.1, 0.15) is 191 Å². The van der Waals surface area contributed by atoms with Crippen molar-refractivity contribution in [2.75, 3.05) is 9.80 Å². The van der Waals surface area contributed by atoms with Gasteiger partial charge in [-0.25, -0.2) is 0 Å². The molecule has 15 rings (SSSR count). The number of fused-ring (bicyclic) bond motifs is 7. The second kappa shape index (κ2) is 24.9. The Morgan fingerprint density at radius 1 is 0.308 bits per heavy atom. The Balaban J connectivity index is 1.18. The van der Waals surface area contributed by atoms with Gasteiger partial charge in [0.25, 0.3) is 6.71 Å². The predicted octanol–water partition coefficient (Wildman–Crippen LogP) is 25.7. The lowest BCUT2D eigenvalue weighted by Gasteiger charge is -2.47. The minimum Gasteiger partial charge on any atom is -0.310 e. The second-order valence-electron chi connectivity index (χ2n) is 36.6. The van der Waals surface area contributed by atoms with Crippen molar-refractivity contribution in [1.82, 2.24) is 9.55 Å². The zero-order valence-corrected chi connectivity index (χ0v) is 65.1. The highest BCUT2D eigenvalue weighted by atomic mass is 15.2. The lowest BCUT2D eigenvalue weighted by atomic mass is 9.33. The van der Waals surface area contributed by atoms with Crippen molar-refractivity contribution in [3.05, 3.63) is 282 Å². The van der Waals surface area contributed by atoms with Gasteiger partial charge in [0.15, 0.2) is 0 Å². The van der Waals surface area contributed by atoms with Crippen LogP contribution >= 0.6 is 0 Å². The maximum Gasteiger partial charge on any atom is 0.252 e. The van der Waals surface area contributed by atoms with Gasteiger partial charge in [-0.1, -0.05) is 303 Å². The molecule has 0 bridgehead atoms. The molecule has 104 heavy (non-hydrogen) atoms. The molecule has 11 aromatic carbocycles. The molecule has 0 radical (unpaired) electrons. The van der Waals surface area contributed by atoms with Gasteiger partial charge in [-0.05, 0) is 184 Å². The molecule has 0 aliphatic carbocycles. The third-order valence-corrected chi connectivity index (χ3v) is 21.8. The number of benzene rings is 11. The summed E-state index contributed by atoms with van der Waals surface area (Å²) in [6, 6.07) is 78.1. The molecule has 0 saturated heterocycles. The maximum absolute atomic E-state index is 9.68. The summed E-state index contributed by atoms with van der Waals surface area (Å²) in [5.41, 5.74) is 27.6. The van der Waals surface area contributed by atoms with E-state index in [1.54, 1.807) is 0 Å². The van der Waals surface area contributed by atoms with Crippen LogP contribution in [0.5, 0.6) is 0 Å². The standard InChI is InChI=1S/C99H103BN4/c1-93(2,3)67-43-49-82-77(53-67)78-54-68(94(4,5)6)44-50-83(78)102(82)72-45-48-81-85(61-72)104(91-76(65-40-32-25-33-41-65)57-70(96(10,11)12)58-79(91)73-46-51-88(98(16,17)18)101-92(73)99(19,20)21)87-60-71(97(13,14)15)59-86-89(87)100(81)80-47-42-66(62-34-26-22-27-35-62)52-84(80)103(86)90-74(63-36-28-23-29-37-63)55-69(95(7,8)9)56-75(90)64-38-30-24-31-39-64/h22-61H,1-21H3/i22D,26D,27D,34D,35D. The fourth-order valence-electron chi connectivity index (χ4n) is 15.8. The van der Waals surface area contributed by atoms with Crippen LogP contribution < -0.4 is 26.2 Å². The quantitative estimate of drug-likeness (QED) is 0.142. The molecule has 2 aliphatic rings. The third-order valence-electron chi connectivity index (χ3n) is 21.8. The van der Waals surface area contributed by atoms with Crippen molar-refractivity contribution in [2.24, 2.45) is 0 Å². The number of rotatable bonds is 8. The van der Waals surface area contributed by atoms with E-state index in [4.69, 9.17) is 6.35 Å². The minimum atomic E-state index is -0.454. The predicted molar refractivity (Wildman–Crippen MR) is 451 cm³/mol. The number of hydrogen-bond donors (Lipinski definition) is 0. The van der Waals surface area contributed by atoms with E-state index in [0.717, 1.165) is 129 Å². The van der Waals surface area contributed by atoms with E-state index in [1.807, 2.05) is 6.07 Å². The first kappa shape index (κ1) is 63.7. The first-order chi connectivity index (χ1) is 51.1. The monoisotopic (exact) mass is 1360 g/mol. The highest BCUT2D eigenvalue weighted by Gasteiger charge is 2.47. The van der Waals surface area contributed by atoms with E-state index in [1.165, 1.54) is 33.0 Å². The van der Waals surface area contributed by atoms with Crippen LogP contribution in [0.25, 0.3) is 83.1 Å². The highest BCUT2D eigenvalue weighted by molar-refractivity contribution is 7.00. The van der Waals surface area contributed by atoms with Crippen LogP contribution in [0.4, 0.5) is 34.1 Å². The summed E-state index contributed by atoms with van der Waals surface area (Å²) in [6.45, 7) is 47.9. The fraction of sp³-hybridized carbons (Fsp3) is 0.283. The van der Waals surface area contributed by atoms with Gasteiger partial charge < -0.3 is 14.4 Å². The molecule has 0 saturated carbocycles. The molecule has 2 aliphatic heterocycles. The van der Waals surface area contributed by atoms with E-state index in [-0.39, 0.29) is 56.8 Å². The van der Waals surface area contributed by atoms with Crippen LogP contribution in [-0.2, 0) is 37.9 Å². The fourth-order valence-corrected chi connectivity index (χ4v) is 15.8. The first-order valence-corrected chi connectivity index (χ1v) is 37.4. The summed E-state index contributed by atoms with van der Waals surface area (Å²) in [4.78, 5) is 11.0. The number of pyridine rings is 1. The average molecular weight is 1360 g/mol. The summed E-state index contributed by atoms with van der Waals surface area (Å²) in [5.74, 6) is 0. The van der Waals surface area contributed by atoms with Gasteiger partial charge >= 0.3 is 0 Å². The summed E-state index contributed by atoms with van der Waals surface area (Å²) in [6.07, 6.45) is 0. The van der Waals surface area contributed by atoms with Crippen molar-refractivity contribution in [2.45, 2.75) is 183 Å². The Morgan fingerprint density at radius 2 is 0.721 bits per heavy atom. The summed E-state index contributed by atoms with van der Waals surface area (Å²) in [7, 11) is 0. The van der Waals surface area contributed by atoms with Gasteiger partial charge in [0.2, 0.25) is 0 Å². The maximum atomic E-state index is 9.68. The molecular formula is C99H103BN4. The normalized spacial score (nSPS) is 14.2. The zero-order valence-electron chi connectivity index (χ0n) is 70.1. The van der Waals surface area contributed by atoms with Gasteiger partial charge in [0.05, 0.1) is 35.0 Å². The number of anilines is 6. The second-order valence-corrected chi connectivity index (χ2v) is 36.6. The van der Waals surface area contributed by atoms with E-state index < -0.39 is 23.6 Å². The van der Waals surface area contributed by atoms with E-state index in [0.29, 0.717) is 5.56 Å². The highest BCUT2D eigenvalue weighted by Crippen LogP contribution is 2.56. The van der Waals surface area contributed by atoms with Crippen molar-refractivity contribution in [3.8, 4) is 61.3 Å². The van der Waals surface area contributed by atoms with E-state index in [2.05, 4.69) is 366 Å². The summed E-state index contributed by atoms with van der Waals surface area (Å²) in [5, 5.41) is 2.41. The summed E-state index contributed by atoms with van der Waals surface area (Å²) < 4.78 is 49.0. The van der Waals surface area contributed by atoms with Crippen LogP contribution in [0.3, 0.4) is 0 Å². The first-order valence-electron chi connectivity index (χ1n) is 39.9. The summed E-state index contributed by atoms with van der Waals surface area (Å²) >= 11 is 0. The molecule has 2 aromatic heterocycles. The molecular weight excluding hydrogens is 1260 g/mol. The average Bonchev–Trinajstić information content (AvgIpc) is 0.892. The zero-order chi connectivity index (χ0) is 78.0. The van der Waals surface area contributed by atoms with Crippen molar-refractivity contribution < 1.29 is 6.85 Å². The van der Waals surface area contributed by atoms with Gasteiger partial charge in [0, 0.05) is 83.6 Å². The number of hydrogen-bond acceptors (Lipinski definition) is 3. The van der Waals surface area contributed by atoms with E-state index in [9.17, 15) is 5.48 Å². The van der Waals surface area contributed by atoms with Crippen LogP contribution in [0, 0.1) is 0 Å². The molecule has 0 fully saturated rings.